The average molecular weight is 427 g/mol. The van der Waals surface area contributed by atoms with E-state index >= 15 is 0 Å². The molecule has 0 saturated carbocycles. The van der Waals surface area contributed by atoms with Crippen LogP contribution in [0.3, 0.4) is 0 Å². The SMILES string of the molecule is CC(=O)[O-].CC(=O)[O-].O=C(O)CCCc1cn(Cc2ccccc2)nn1.[Cu+2]. The van der Waals surface area contributed by atoms with E-state index in [1.807, 2.05) is 36.5 Å². The molecule has 0 atom stereocenters. The van der Waals surface area contributed by atoms with E-state index in [-0.39, 0.29) is 23.5 Å². The molecule has 0 aliphatic carbocycles. The minimum Gasteiger partial charge on any atom is -0.550 e. The van der Waals surface area contributed by atoms with Gasteiger partial charge >= 0.3 is 23.0 Å². The zero-order chi connectivity index (χ0) is 19.9. The van der Waals surface area contributed by atoms with Crippen LogP contribution in [0, 0.1) is 0 Å². The molecule has 10 heteroatoms. The topological polar surface area (TPSA) is 148 Å². The predicted octanol–water partition coefficient (Wildman–Crippen LogP) is -0.756. The third-order valence-corrected chi connectivity index (χ3v) is 2.60. The quantitative estimate of drug-likeness (QED) is 0.592. The third kappa shape index (κ3) is 17.9. The standard InChI is InChI=1S/C13H15N3O2.2C2H4O2.Cu/c17-13(18)8-4-7-12-10-16(15-14-12)9-11-5-2-1-3-6-11;2*1-2(3)4;/h1-3,5-6,10H,4,7-9H2,(H,17,18);2*1H3,(H,3,4);/q;;;+2/p-2. The number of aryl methyl sites for hydroxylation is 1. The van der Waals surface area contributed by atoms with Crippen molar-refractivity contribution in [1.29, 1.82) is 0 Å². The average Bonchev–Trinajstić information content (AvgIpc) is 2.94. The number of aliphatic carboxylic acids is 3. The van der Waals surface area contributed by atoms with Crippen LogP contribution >= 0.6 is 0 Å². The molecular formula is C17H21CuN3O6. The first-order valence-electron chi connectivity index (χ1n) is 7.70. The second-order valence-electron chi connectivity index (χ2n) is 5.12. The van der Waals surface area contributed by atoms with Crippen molar-refractivity contribution in [3.8, 4) is 0 Å². The summed E-state index contributed by atoms with van der Waals surface area (Å²) in [5, 5.41) is 34.4. The number of carboxylic acids is 3. The number of hydrogen-bond donors (Lipinski definition) is 1. The van der Waals surface area contributed by atoms with Crippen molar-refractivity contribution in [1.82, 2.24) is 15.0 Å². The van der Waals surface area contributed by atoms with Crippen LogP contribution in [0.15, 0.2) is 36.5 Å². The first-order chi connectivity index (χ1) is 12.2. The number of aromatic nitrogens is 3. The first-order valence-corrected chi connectivity index (χ1v) is 7.70. The van der Waals surface area contributed by atoms with Gasteiger partial charge in [-0.2, -0.15) is 0 Å². The fourth-order valence-corrected chi connectivity index (χ4v) is 1.72. The van der Waals surface area contributed by atoms with Gasteiger partial charge in [0.25, 0.3) is 0 Å². The van der Waals surface area contributed by atoms with E-state index < -0.39 is 17.9 Å². The summed E-state index contributed by atoms with van der Waals surface area (Å²) in [6, 6.07) is 10.0. The number of rotatable bonds is 6. The fraction of sp³-hybridized carbons (Fsp3) is 0.353. The number of benzene rings is 1. The maximum Gasteiger partial charge on any atom is 2.00 e. The van der Waals surface area contributed by atoms with Crippen molar-refractivity contribution in [3.05, 3.63) is 47.8 Å². The van der Waals surface area contributed by atoms with Gasteiger partial charge in [-0.25, -0.2) is 4.68 Å². The molecule has 0 unspecified atom stereocenters. The minimum absolute atomic E-state index is 0. The first kappa shape index (κ1) is 26.5. The second kappa shape index (κ2) is 15.5. The zero-order valence-electron chi connectivity index (χ0n) is 14.9. The fourth-order valence-electron chi connectivity index (χ4n) is 1.72. The van der Waals surface area contributed by atoms with Gasteiger partial charge in [-0.15, -0.1) is 5.10 Å². The third-order valence-electron chi connectivity index (χ3n) is 2.60. The molecule has 2 rings (SSSR count). The molecular weight excluding hydrogens is 406 g/mol. The molecule has 0 bridgehead atoms. The van der Waals surface area contributed by atoms with Gasteiger partial charge in [-0.1, -0.05) is 35.5 Å². The number of nitrogens with zero attached hydrogens (tertiary/aromatic N) is 3. The van der Waals surface area contributed by atoms with Gasteiger partial charge in [0.05, 0.1) is 12.2 Å². The molecule has 1 aromatic heterocycles. The molecule has 0 fully saturated rings. The Labute approximate surface area is 167 Å². The molecule has 0 saturated heterocycles. The molecule has 0 spiro atoms. The summed E-state index contributed by atoms with van der Waals surface area (Å²) < 4.78 is 1.77. The number of carbonyl (C=O) groups excluding carboxylic acids is 2. The Morgan fingerprint density at radius 1 is 1.07 bits per heavy atom. The van der Waals surface area contributed by atoms with Gasteiger partial charge in [0.2, 0.25) is 0 Å². The molecule has 0 aliphatic heterocycles. The molecule has 0 amide bonds. The Balaban J connectivity index is 0. The van der Waals surface area contributed by atoms with Crippen molar-refractivity contribution in [3.63, 3.8) is 0 Å². The van der Waals surface area contributed by atoms with Crippen LogP contribution in [0.1, 0.15) is 37.9 Å². The molecule has 151 valence electrons. The number of carboxylic acid groups (broad SMARTS) is 3. The Bertz CT molecular complexity index is 671. The van der Waals surface area contributed by atoms with E-state index in [0.717, 1.165) is 19.5 Å². The van der Waals surface area contributed by atoms with E-state index in [1.165, 1.54) is 5.56 Å². The maximum absolute atomic E-state index is 10.4. The molecule has 2 aromatic rings. The van der Waals surface area contributed by atoms with Gasteiger partial charge < -0.3 is 24.9 Å². The van der Waals surface area contributed by atoms with Crippen molar-refractivity contribution >= 4 is 17.9 Å². The van der Waals surface area contributed by atoms with Gasteiger partial charge in [0.1, 0.15) is 0 Å². The summed E-state index contributed by atoms with van der Waals surface area (Å²) in [7, 11) is 0. The van der Waals surface area contributed by atoms with E-state index in [4.69, 9.17) is 24.9 Å². The Morgan fingerprint density at radius 2 is 1.59 bits per heavy atom. The summed E-state index contributed by atoms with van der Waals surface area (Å²) >= 11 is 0. The van der Waals surface area contributed by atoms with Crippen LogP contribution < -0.4 is 10.2 Å². The molecule has 1 radical (unpaired) electrons. The molecule has 1 N–H and O–H groups in total. The predicted molar refractivity (Wildman–Crippen MR) is 87.5 cm³/mol. The van der Waals surface area contributed by atoms with E-state index in [2.05, 4.69) is 10.3 Å². The monoisotopic (exact) mass is 426 g/mol. The second-order valence-corrected chi connectivity index (χ2v) is 5.12. The van der Waals surface area contributed by atoms with Crippen molar-refractivity contribution in [2.24, 2.45) is 0 Å². The van der Waals surface area contributed by atoms with Crippen LogP contribution in [-0.4, -0.2) is 38.0 Å². The normalized spacial score (nSPS) is 8.81. The smallest absolute Gasteiger partial charge is 0.550 e. The summed E-state index contributed by atoms with van der Waals surface area (Å²) in [5.41, 5.74) is 2.01. The van der Waals surface area contributed by atoms with Gasteiger partial charge in [-0.3, -0.25) is 4.79 Å². The Morgan fingerprint density at radius 3 is 2.07 bits per heavy atom. The molecule has 9 nitrogen and oxygen atoms in total. The van der Waals surface area contributed by atoms with Crippen LogP contribution in [-0.2, 0) is 44.4 Å². The maximum atomic E-state index is 10.4. The van der Waals surface area contributed by atoms with E-state index in [9.17, 15) is 4.79 Å². The molecule has 0 aliphatic rings. The summed E-state index contributed by atoms with van der Waals surface area (Å²) in [4.78, 5) is 28.2. The zero-order valence-corrected chi connectivity index (χ0v) is 15.9. The largest absolute Gasteiger partial charge is 2.00 e. The molecule has 1 heterocycles. The van der Waals surface area contributed by atoms with Gasteiger partial charge in [0, 0.05) is 24.6 Å². The molecule has 27 heavy (non-hydrogen) atoms. The minimum atomic E-state index is -1.08. The Kier molecular flexibility index (Phi) is 15.3. The van der Waals surface area contributed by atoms with Crippen molar-refractivity contribution < 1.29 is 46.8 Å². The summed E-state index contributed by atoms with van der Waals surface area (Å²) in [6.07, 6.45) is 3.29. The van der Waals surface area contributed by atoms with Crippen molar-refractivity contribution in [2.45, 2.75) is 39.7 Å². The number of hydrogen-bond acceptors (Lipinski definition) is 7. The number of carbonyl (C=O) groups is 3. The summed E-state index contributed by atoms with van der Waals surface area (Å²) in [5.74, 6) is -2.94. The molecule has 1 aromatic carbocycles. The Hall–Kier alpha value is -2.71. The van der Waals surface area contributed by atoms with Crippen molar-refractivity contribution in [2.75, 3.05) is 0 Å². The van der Waals surface area contributed by atoms with E-state index in [0.29, 0.717) is 19.4 Å². The van der Waals surface area contributed by atoms with Crippen LogP contribution in [0.25, 0.3) is 0 Å². The van der Waals surface area contributed by atoms with Crippen LogP contribution in [0.4, 0.5) is 0 Å². The van der Waals surface area contributed by atoms with E-state index in [1.54, 1.807) is 4.68 Å². The van der Waals surface area contributed by atoms with Gasteiger partial charge in [-0.05, 0) is 32.3 Å². The van der Waals surface area contributed by atoms with Crippen LogP contribution in [0.5, 0.6) is 0 Å². The van der Waals surface area contributed by atoms with Gasteiger partial charge in [0.15, 0.2) is 0 Å². The van der Waals surface area contributed by atoms with Crippen LogP contribution in [0.2, 0.25) is 0 Å². The summed E-state index contributed by atoms with van der Waals surface area (Å²) in [6.45, 7) is 2.63.